The lowest BCUT2D eigenvalue weighted by Gasteiger charge is -2.30. The first-order valence-electron chi connectivity index (χ1n) is 7.03. The van der Waals surface area contributed by atoms with Crippen LogP contribution in [0, 0.1) is 6.92 Å². The maximum atomic E-state index is 12.1. The van der Waals surface area contributed by atoms with Gasteiger partial charge in [-0.1, -0.05) is 13.8 Å². The third-order valence-corrected chi connectivity index (χ3v) is 3.76. The number of hydrogen-bond donors (Lipinski definition) is 1. The number of nitrogens with zero attached hydrogens (tertiary/aromatic N) is 3. The van der Waals surface area contributed by atoms with Gasteiger partial charge in [0.15, 0.2) is 0 Å². The topological polar surface area (TPSA) is 80.8 Å². The van der Waals surface area contributed by atoms with Crippen molar-refractivity contribution < 1.29 is 9.53 Å². The van der Waals surface area contributed by atoms with Gasteiger partial charge in [0, 0.05) is 11.8 Å². The molecule has 0 fully saturated rings. The zero-order chi connectivity index (χ0) is 15.2. The molecule has 0 atom stereocenters. The van der Waals surface area contributed by atoms with Crippen molar-refractivity contribution in [2.45, 2.75) is 39.5 Å². The first kappa shape index (κ1) is 13.7. The van der Waals surface area contributed by atoms with Gasteiger partial charge < -0.3 is 4.74 Å². The van der Waals surface area contributed by atoms with E-state index in [2.05, 4.69) is 34.0 Å². The van der Waals surface area contributed by atoms with Crippen molar-refractivity contribution in [2.24, 2.45) is 0 Å². The number of nitrogens with one attached hydrogen (secondary N) is 1. The van der Waals surface area contributed by atoms with E-state index in [1.165, 1.54) is 0 Å². The molecule has 6 heteroatoms. The van der Waals surface area contributed by atoms with E-state index in [0.29, 0.717) is 18.1 Å². The number of fused-ring (bicyclic) bond motifs is 3. The molecule has 0 spiro atoms. The van der Waals surface area contributed by atoms with Crippen LogP contribution in [0.15, 0.2) is 6.20 Å². The lowest BCUT2D eigenvalue weighted by atomic mass is 9.73. The molecule has 1 N–H and O–H groups in total. The van der Waals surface area contributed by atoms with Crippen LogP contribution in [0.2, 0.25) is 0 Å². The third kappa shape index (κ3) is 2.11. The molecule has 0 aliphatic heterocycles. The van der Waals surface area contributed by atoms with Crippen molar-refractivity contribution in [3.05, 3.63) is 28.8 Å². The third-order valence-electron chi connectivity index (χ3n) is 3.76. The second kappa shape index (κ2) is 4.65. The number of aryl methyl sites for hydroxylation is 1. The zero-order valence-corrected chi connectivity index (χ0v) is 12.6. The first-order valence-corrected chi connectivity index (χ1v) is 7.03. The fourth-order valence-corrected chi connectivity index (χ4v) is 2.92. The molecule has 2 aromatic heterocycles. The molecule has 1 aliphatic rings. The average molecular weight is 286 g/mol. The molecule has 2 heterocycles. The molecule has 1 aliphatic carbocycles. The van der Waals surface area contributed by atoms with E-state index >= 15 is 0 Å². The van der Waals surface area contributed by atoms with Gasteiger partial charge in [-0.3, -0.25) is 5.10 Å². The van der Waals surface area contributed by atoms with Crippen LogP contribution in [-0.4, -0.2) is 32.7 Å². The van der Waals surface area contributed by atoms with Gasteiger partial charge in [0.25, 0.3) is 0 Å². The minimum Gasteiger partial charge on any atom is -0.461 e. The van der Waals surface area contributed by atoms with Gasteiger partial charge in [-0.2, -0.15) is 5.10 Å². The summed E-state index contributed by atoms with van der Waals surface area (Å²) in [5, 5.41) is 7.15. The Morgan fingerprint density at radius 3 is 2.90 bits per heavy atom. The highest BCUT2D eigenvalue weighted by atomic mass is 16.5. The van der Waals surface area contributed by atoms with Gasteiger partial charge in [0.1, 0.15) is 17.2 Å². The second-order valence-electron chi connectivity index (χ2n) is 5.89. The smallest absolute Gasteiger partial charge is 0.356 e. The minimum absolute atomic E-state index is 0.226. The van der Waals surface area contributed by atoms with Crippen LogP contribution in [0.4, 0.5) is 0 Å². The summed E-state index contributed by atoms with van der Waals surface area (Å²) in [5.74, 6) is 0.327. The van der Waals surface area contributed by atoms with Gasteiger partial charge in [0.2, 0.25) is 0 Å². The SMILES string of the molecule is CCOC(=O)c1[nH]nc2c1C(C)(C)Cc1cnc(C)nc1-2. The Morgan fingerprint density at radius 1 is 1.43 bits per heavy atom. The number of carbonyl (C=O) groups is 1. The molecule has 0 radical (unpaired) electrons. The molecule has 21 heavy (non-hydrogen) atoms. The summed E-state index contributed by atoms with van der Waals surface area (Å²) >= 11 is 0. The normalized spacial score (nSPS) is 15.2. The monoisotopic (exact) mass is 286 g/mol. The van der Waals surface area contributed by atoms with Gasteiger partial charge >= 0.3 is 5.97 Å². The standard InChI is InChI=1S/C15H18N4O2/c1-5-21-14(20)13-10-12(18-19-13)11-9(6-15(10,3)4)7-16-8(2)17-11/h7H,5-6H2,1-4H3,(H,18,19). The summed E-state index contributed by atoms with van der Waals surface area (Å²) in [5.41, 5.74) is 3.68. The Balaban J connectivity index is 2.21. The Kier molecular flexibility index (Phi) is 3.04. The van der Waals surface area contributed by atoms with Gasteiger partial charge in [0.05, 0.1) is 12.3 Å². The van der Waals surface area contributed by atoms with Crippen LogP contribution in [0.5, 0.6) is 0 Å². The van der Waals surface area contributed by atoms with Crippen LogP contribution in [0.25, 0.3) is 11.4 Å². The summed E-state index contributed by atoms with van der Waals surface area (Å²) in [6.45, 7) is 8.15. The molecule has 0 amide bonds. The number of hydrogen-bond acceptors (Lipinski definition) is 5. The predicted octanol–water partition coefficient (Wildman–Crippen LogP) is 2.19. The molecule has 0 saturated carbocycles. The average Bonchev–Trinajstić information content (AvgIpc) is 2.86. The van der Waals surface area contributed by atoms with Crippen molar-refractivity contribution in [1.29, 1.82) is 0 Å². The highest BCUT2D eigenvalue weighted by Crippen LogP contribution is 2.42. The number of esters is 1. The van der Waals surface area contributed by atoms with Crippen molar-refractivity contribution in [3.63, 3.8) is 0 Å². The van der Waals surface area contributed by atoms with E-state index in [1.54, 1.807) is 6.92 Å². The number of H-pyrrole nitrogens is 1. The maximum absolute atomic E-state index is 12.1. The Bertz CT molecular complexity index is 718. The molecular weight excluding hydrogens is 268 g/mol. The highest BCUT2D eigenvalue weighted by Gasteiger charge is 2.38. The quantitative estimate of drug-likeness (QED) is 0.856. The molecule has 0 unspecified atom stereocenters. The molecule has 110 valence electrons. The predicted molar refractivity (Wildman–Crippen MR) is 77.0 cm³/mol. The van der Waals surface area contributed by atoms with E-state index in [0.717, 1.165) is 28.9 Å². The molecule has 6 nitrogen and oxygen atoms in total. The largest absolute Gasteiger partial charge is 0.461 e. The van der Waals surface area contributed by atoms with E-state index in [4.69, 9.17) is 4.74 Å². The number of carbonyl (C=O) groups excluding carboxylic acids is 1. The van der Waals surface area contributed by atoms with Crippen LogP contribution in [0.3, 0.4) is 0 Å². The Hall–Kier alpha value is -2.24. The molecular formula is C15H18N4O2. The summed E-state index contributed by atoms with van der Waals surface area (Å²) in [6, 6.07) is 0. The van der Waals surface area contributed by atoms with Crippen LogP contribution in [-0.2, 0) is 16.6 Å². The lowest BCUT2D eigenvalue weighted by Crippen LogP contribution is -2.28. The summed E-state index contributed by atoms with van der Waals surface area (Å²) < 4.78 is 5.11. The van der Waals surface area contributed by atoms with Crippen molar-refractivity contribution in [1.82, 2.24) is 20.2 Å². The summed E-state index contributed by atoms with van der Waals surface area (Å²) in [4.78, 5) is 20.9. The lowest BCUT2D eigenvalue weighted by molar-refractivity contribution is 0.0516. The van der Waals surface area contributed by atoms with Gasteiger partial charge in [-0.15, -0.1) is 0 Å². The molecule has 0 aromatic carbocycles. The fourth-order valence-electron chi connectivity index (χ4n) is 2.92. The van der Waals surface area contributed by atoms with Crippen LogP contribution < -0.4 is 0 Å². The Labute approximate surface area is 123 Å². The van der Waals surface area contributed by atoms with E-state index in [-0.39, 0.29) is 11.4 Å². The Morgan fingerprint density at radius 2 is 2.19 bits per heavy atom. The fraction of sp³-hybridized carbons (Fsp3) is 0.467. The second-order valence-corrected chi connectivity index (χ2v) is 5.89. The molecule has 3 rings (SSSR count). The van der Waals surface area contributed by atoms with Gasteiger partial charge in [-0.25, -0.2) is 14.8 Å². The van der Waals surface area contributed by atoms with E-state index in [1.807, 2.05) is 13.1 Å². The maximum Gasteiger partial charge on any atom is 0.356 e. The van der Waals surface area contributed by atoms with Crippen molar-refractivity contribution >= 4 is 5.97 Å². The van der Waals surface area contributed by atoms with Crippen LogP contribution in [0.1, 0.15) is 48.2 Å². The number of ether oxygens (including phenoxy) is 1. The molecule has 2 aromatic rings. The molecule has 0 bridgehead atoms. The minimum atomic E-state index is -0.367. The summed E-state index contributed by atoms with van der Waals surface area (Å²) in [6.07, 6.45) is 2.61. The summed E-state index contributed by atoms with van der Waals surface area (Å²) in [7, 11) is 0. The van der Waals surface area contributed by atoms with Crippen molar-refractivity contribution in [3.8, 4) is 11.4 Å². The highest BCUT2D eigenvalue weighted by molar-refractivity contribution is 5.92. The van der Waals surface area contributed by atoms with E-state index in [9.17, 15) is 4.79 Å². The zero-order valence-electron chi connectivity index (χ0n) is 12.6. The van der Waals surface area contributed by atoms with Gasteiger partial charge in [-0.05, 0) is 31.2 Å². The number of aromatic amines is 1. The van der Waals surface area contributed by atoms with E-state index < -0.39 is 0 Å². The molecule has 0 saturated heterocycles. The number of rotatable bonds is 2. The van der Waals surface area contributed by atoms with Crippen LogP contribution >= 0.6 is 0 Å². The van der Waals surface area contributed by atoms with Crippen molar-refractivity contribution in [2.75, 3.05) is 6.61 Å². The number of aromatic nitrogens is 4. The first-order chi connectivity index (χ1) is 9.94.